The molecule has 6 heteroatoms. The molecule has 1 heterocycles. The Balaban J connectivity index is 2.85. The van der Waals surface area contributed by atoms with Crippen molar-refractivity contribution in [3.63, 3.8) is 0 Å². The lowest BCUT2D eigenvalue weighted by Crippen LogP contribution is -2.38. The third-order valence-corrected chi connectivity index (χ3v) is 3.12. The summed E-state index contributed by atoms with van der Waals surface area (Å²) in [6.07, 6.45) is 2.12. The Labute approximate surface area is 125 Å². The van der Waals surface area contributed by atoms with Crippen LogP contribution in [-0.2, 0) is 4.79 Å². The van der Waals surface area contributed by atoms with Gasteiger partial charge >= 0.3 is 5.97 Å². The van der Waals surface area contributed by atoms with Crippen LogP contribution in [0.5, 0.6) is 0 Å². The van der Waals surface area contributed by atoms with Gasteiger partial charge in [0.15, 0.2) is 0 Å². The third kappa shape index (κ3) is 5.06. The predicted molar refractivity (Wildman–Crippen MR) is 81.6 cm³/mol. The number of nitrogens with zero attached hydrogens (tertiary/aromatic N) is 3. The second-order valence-corrected chi connectivity index (χ2v) is 5.39. The fraction of sp³-hybridized carbons (Fsp3) is 0.533. The van der Waals surface area contributed by atoms with Crippen LogP contribution in [0.25, 0.3) is 0 Å². The Hall–Kier alpha value is -2.11. The molecule has 0 radical (unpaired) electrons. The van der Waals surface area contributed by atoms with E-state index in [2.05, 4.69) is 4.98 Å². The van der Waals surface area contributed by atoms with Gasteiger partial charge in [-0.05, 0) is 32.4 Å². The number of anilines is 1. The zero-order chi connectivity index (χ0) is 16.0. The van der Waals surface area contributed by atoms with Crippen LogP contribution >= 0.6 is 0 Å². The molecular formula is C15H23N3O3. The second kappa shape index (κ2) is 7.61. The van der Waals surface area contributed by atoms with E-state index in [4.69, 9.17) is 5.11 Å². The molecular weight excluding hydrogens is 270 g/mol. The van der Waals surface area contributed by atoms with Gasteiger partial charge in [0.1, 0.15) is 5.82 Å². The van der Waals surface area contributed by atoms with E-state index in [0.717, 1.165) is 5.82 Å². The first-order valence-electron chi connectivity index (χ1n) is 6.99. The Morgan fingerprint density at radius 2 is 2.00 bits per heavy atom. The Bertz CT molecular complexity index is 501. The molecule has 0 aliphatic carbocycles. The quantitative estimate of drug-likeness (QED) is 0.830. The molecule has 1 rings (SSSR count). The van der Waals surface area contributed by atoms with Crippen molar-refractivity contribution in [3.05, 3.63) is 23.9 Å². The summed E-state index contributed by atoms with van der Waals surface area (Å²) in [4.78, 5) is 30.9. The number of pyridine rings is 1. The lowest BCUT2D eigenvalue weighted by atomic mass is 10.1. The van der Waals surface area contributed by atoms with Gasteiger partial charge in [0.25, 0.3) is 5.91 Å². The number of carboxylic acids is 1. The fourth-order valence-electron chi connectivity index (χ4n) is 1.96. The number of hydrogen-bond acceptors (Lipinski definition) is 4. The van der Waals surface area contributed by atoms with Crippen LogP contribution in [-0.4, -0.2) is 53.5 Å². The first kappa shape index (κ1) is 16.9. The zero-order valence-corrected chi connectivity index (χ0v) is 13.0. The predicted octanol–water partition coefficient (Wildman–Crippen LogP) is 1.86. The van der Waals surface area contributed by atoms with Crippen molar-refractivity contribution >= 4 is 17.7 Å². The van der Waals surface area contributed by atoms with Crippen molar-refractivity contribution in [2.45, 2.75) is 32.7 Å². The summed E-state index contributed by atoms with van der Waals surface area (Å²) < 4.78 is 0. The van der Waals surface area contributed by atoms with E-state index in [9.17, 15) is 9.59 Å². The highest BCUT2D eigenvalue weighted by atomic mass is 16.4. The highest BCUT2D eigenvalue weighted by Gasteiger charge is 2.19. The summed E-state index contributed by atoms with van der Waals surface area (Å²) in [5, 5.41) is 8.70. The fourth-order valence-corrected chi connectivity index (χ4v) is 1.96. The number of amides is 1. The molecule has 21 heavy (non-hydrogen) atoms. The maximum absolute atomic E-state index is 12.6. The summed E-state index contributed by atoms with van der Waals surface area (Å²) in [7, 11) is 3.73. The van der Waals surface area contributed by atoms with Gasteiger partial charge in [0.05, 0.1) is 0 Å². The second-order valence-electron chi connectivity index (χ2n) is 5.39. The highest BCUT2D eigenvalue weighted by molar-refractivity contribution is 5.95. The van der Waals surface area contributed by atoms with E-state index in [0.29, 0.717) is 18.5 Å². The third-order valence-electron chi connectivity index (χ3n) is 3.12. The molecule has 1 aromatic rings. The van der Waals surface area contributed by atoms with Gasteiger partial charge in [-0.3, -0.25) is 9.59 Å². The highest BCUT2D eigenvalue weighted by Crippen LogP contribution is 2.14. The molecule has 6 nitrogen and oxygen atoms in total. The van der Waals surface area contributed by atoms with Gasteiger partial charge in [-0.25, -0.2) is 4.98 Å². The molecule has 1 aromatic heterocycles. The van der Waals surface area contributed by atoms with Crippen LogP contribution in [0.4, 0.5) is 5.82 Å². The average Bonchev–Trinajstić information content (AvgIpc) is 2.42. The topological polar surface area (TPSA) is 73.7 Å². The normalized spacial score (nSPS) is 10.5. The molecule has 1 amide bonds. The summed E-state index contributed by atoms with van der Waals surface area (Å²) >= 11 is 0. The Morgan fingerprint density at radius 1 is 1.33 bits per heavy atom. The summed E-state index contributed by atoms with van der Waals surface area (Å²) in [5.74, 6) is -0.221. The van der Waals surface area contributed by atoms with Crippen LogP contribution < -0.4 is 4.90 Å². The molecule has 0 bridgehead atoms. The van der Waals surface area contributed by atoms with Gasteiger partial charge in [-0.15, -0.1) is 0 Å². The van der Waals surface area contributed by atoms with E-state index in [-0.39, 0.29) is 18.4 Å². The smallest absolute Gasteiger partial charge is 0.303 e. The molecule has 0 aromatic carbocycles. The number of rotatable bonds is 7. The van der Waals surface area contributed by atoms with E-state index < -0.39 is 5.97 Å². The van der Waals surface area contributed by atoms with E-state index >= 15 is 0 Å². The van der Waals surface area contributed by atoms with Crippen LogP contribution in [0.1, 0.15) is 37.0 Å². The molecule has 1 N–H and O–H groups in total. The molecule has 0 saturated carbocycles. The lowest BCUT2D eigenvalue weighted by Gasteiger charge is -2.27. The Morgan fingerprint density at radius 3 is 2.52 bits per heavy atom. The molecule has 0 saturated heterocycles. The van der Waals surface area contributed by atoms with Gasteiger partial charge < -0.3 is 14.9 Å². The average molecular weight is 293 g/mol. The number of aromatic nitrogens is 1. The van der Waals surface area contributed by atoms with Gasteiger partial charge in [0, 0.05) is 44.9 Å². The summed E-state index contributed by atoms with van der Waals surface area (Å²) in [6, 6.07) is 3.44. The lowest BCUT2D eigenvalue weighted by molar-refractivity contribution is -0.137. The van der Waals surface area contributed by atoms with Crippen molar-refractivity contribution in [1.82, 2.24) is 9.88 Å². The number of carboxylic acid groups (broad SMARTS) is 1. The maximum Gasteiger partial charge on any atom is 0.303 e. The van der Waals surface area contributed by atoms with E-state index in [1.807, 2.05) is 32.8 Å². The summed E-state index contributed by atoms with van der Waals surface area (Å²) in [5.41, 5.74) is 0.567. The number of carbonyl (C=O) groups excluding carboxylic acids is 1. The molecule has 0 spiro atoms. The van der Waals surface area contributed by atoms with Crippen molar-refractivity contribution in [1.29, 1.82) is 0 Å². The molecule has 0 fully saturated rings. The standard InChI is InChI=1S/C15H23N3O3/c1-11(2)18(9-5-6-14(19)20)15(21)12-7-8-16-13(10-12)17(3)4/h7-8,10-11H,5-6,9H2,1-4H3,(H,19,20). The number of carbonyl (C=O) groups is 2. The van der Waals surface area contributed by atoms with Gasteiger partial charge in [-0.2, -0.15) is 0 Å². The molecule has 0 aliphatic rings. The van der Waals surface area contributed by atoms with Crippen molar-refractivity contribution < 1.29 is 14.7 Å². The van der Waals surface area contributed by atoms with Crippen LogP contribution in [0.15, 0.2) is 18.3 Å². The molecule has 0 unspecified atom stereocenters. The van der Waals surface area contributed by atoms with Crippen LogP contribution in [0.3, 0.4) is 0 Å². The van der Waals surface area contributed by atoms with Crippen molar-refractivity contribution in [2.75, 3.05) is 25.5 Å². The monoisotopic (exact) mass is 293 g/mol. The first-order chi connectivity index (χ1) is 9.82. The maximum atomic E-state index is 12.6. The zero-order valence-electron chi connectivity index (χ0n) is 13.0. The van der Waals surface area contributed by atoms with Gasteiger partial charge in [-0.1, -0.05) is 0 Å². The number of hydrogen-bond donors (Lipinski definition) is 1. The Kier molecular flexibility index (Phi) is 6.14. The minimum atomic E-state index is -0.843. The number of aliphatic carboxylic acids is 1. The van der Waals surface area contributed by atoms with E-state index in [1.54, 1.807) is 23.2 Å². The molecule has 0 aliphatic heterocycles. The van der Waals surface area contributed by atoms with Crippen LogP contribution in [0.2, 0.25) is 0 Å². The summed E-state index contributed by atoms with van der Waals surface area (Å²) in [6.45, 7) is 4.28. The van der Waals surface area contributed by atoms with Crippen LogP contribution in [0, 0.1) is 0 Å². The molecule has 116 valence electrons. The minimum Gasteiger partial charge on any atom is -0.481 e. The first-order valence-corrected chi connectivity index (χ1v) is 6.99. The minimum absolute atomic E-state index is 0.0160. The van der Waals surface area contributed by atoms with Gasteiger partial charge in [0.2, 0.25) is 0 Å². The SMILES string of the molecule is CC(C)N(CCCC(=O)O)C(=O)c1ccnc(N(C)C)c1. The molecule has 0 atom stereocenters. The van der Waals surface area contributed by atoms with Crippen molar-refractivity contribution in [3.8, 4) is 0 Å². The van der Waals surface area contributed by atoms with E-state index in [1.165, 1.54) is 0 Å². The largest absolute Gasteiger partial charge is 0.481 e. The van der Waals surface area contributed by atoms with Crippen molar-refractivity contribution in [2.24, 2.45) is 0 Å².